The molecule has 0 heterocycles. The summed E-state index contributed by atoms with van der Waals surface area (Å²) in [6.07, 6.45) is -3.97. The van der Waals surface area contributed by atoms with E-state index in [0.717, 1.165) is 17.0 Å². The Morgan fingerprint density at radius 2 is 1.86 bits per heavy atom. The second-order valence-corrected chi connectivity index (χ2v) is 9.54. The Bertz CT molecular complexity index is 1000. The molecule has 208 valence electrons. The van der Waals surface area contributed by atoms with Crippen LogP contribution < -0.4 is 20.7 Å². The zero-order chi connectivity index (χ0) is 28.4. The van der Waals surface area contributed by atoms with Gasteiger partial charge in [0.15, 0.2) is 6.29 Å². The number of alkyl halides is 3. The largest absolute Gasteiger partial charge is 0.493 e. The van der Waals surface area contributed by atoms with Crippen molar-refractivity contribution in [2.24, 2.45) is 5.41 Å². The molecule has 0 aliphatic rings. The first-order valence-corrected chi connectivity index (χ1v) is 11.8. The van der Waals surface area contributed by atoms with E-state index in [4.69, 9.17) is 16.3 Å². The van der Waals surface area contributed by atoms with Crippen molar-refractivity contribution >= 4 is 29.7 Å². The maximum Gasteiger partial charge on any atom is 0.401 e. The van der Waals surface area contributed by atoms with E-state index in [0.29, 0.717) is 6.29 Å². The number of nitrogens with zero attached hydrogens (tertiary/aromatic N) is 1. The molecule has 0 aromatic heterocycles. The highest BCUT2D eigenvalue weighted by atomic mass is 35.5. The number of halogens is 5. The van der Waals surface area contributed by atoms with E-state index in [1.165, 1.54) is 14.1 Å². The lowest BCUT2D eigenvalue weighted by Crippen LogP contribution is -2.38. The van der Waals surface area contributed by atoms with E-state index in [2.05, 4.69) is 16.0 Å². The summed E-state index contributed by atoms with van der Waals surface area (Å²) in [5.41, 5.74) is -0.542. The normalized spacial score (nSPS) is 12.6. The minimum atomic E-state index is -4.35. The summed E-state index contributed by atoms with van der Waals surface area (Å²) in [5, 5.41) is 7.65. The number of amides is 2. The van der Waals surface area contributed by atoms with Crippen molar-refractivity contribution in [3.05, 3.63) is 39.9 Å². The fourth-order valence-corrected chi connectivity index (χ4v) is 3.51. The zero-order valence-corrected chi connectivity index (χ0v) is 22.2. The maximum atomic E-state index is 13.8. The highest BCUT2D eigenvalue weighted by molar-refractivity contribution is 6.31. The molecule has 3 N–H and O–H groups in total. The lowest BCUT2D eigenvalue weighted by atomic mass is 9.88. The molecule has 1 aromatic carbocycles. The van der Waals surface area contributed by atoms with Gasteiger partial charge in [0, 0.05) is 44.7 Å². The summed E-state index contributed by atoms with van der Waals surface area (Å²) in [6.45, 7) is 4.24. The summed E-state index contributed by atoms with van der Waals surface area (Å²) in [5.74, 6) is -1.81. The van der Waals surface area contributed by atoms with Crippen molar-refractivity contribution in [3.8, 4) is 5.75 Å². The van der Waals surface area contributed by atoms with Crippen LogP contribution in [0.1, 0.15) is 44.0 Å². The fraction of sp³-hybridized carbons (Fsp3) is 0.542. The van der Waals surface area contributed by atoms with Crippen molar-refractivity contribution in [2.45, 2.75) is 39.8 Å². The molecular formula is C24H33ClF4N4O4. The summed E-state index contributed by atoms with van der Waals surface area (Å²) < 4.78 is 56.7. The van der Waals surface area contributed by atoms with Gasteiger partial charge >= 0.3 is 6.18 Å². The Morgan fingerprint density at radius 3 is 2.41 bits per heavy atom. The third-order valence-electron chi connectivity index (χ3n) is 5.15. The van der Waals surface area contributed by atoms with E-state index in [-0.39, 0.29) is 60.3 Å². The van der Waals surface area contributed by atoms with Gasteiger partial charge < -0.3 is 20.7 Å². The van der Waals surface area contributed by atoms with Gasteiger partial charge in [-0.15, -0.1) is 0 Å². The molecule has 0 bridgehead atoms. The van der Waals surface area contributed by atoms with Crippen LogP contribution in [0.5, 0.6) is 5.75 Å². The molecule has 0 saturated carbocycles. The molecular weight excluding hydrogens is 520 g/mol. The van der Waals surface area contributed by atoms with Gasteiger partial charge in [0.2, 0.25) is 5.91 Å². The third kappa shape index (κ3) is 11.4. The fourth-order valence-electron chi connectivity index (χ4n) is 3.35. The Morgan fingerprint density at radius 1 is 1.22 bits per heavy atom. The van der Waals surface area contributed by atoms with Crippen molar-refractivity contribution in [1.29, 1.82) is 0 Å². The first-order chi connectivity index (χ1) is 17.1. The van der Waals surface area contributed by atoms with Crippen LogP contribution in [0.15, 0.2) is 23.5 Å². The molecule has 1 rings (SSSR count). The second kappa shape index (κ2) is 14.2. The maximum absolute atomic E-state index is 13.8. The number of carbonyl (C=O) groups is 3. The predicted molar refractivity (Wildman–Crippen MR) is 132 cm³/mol. The van der Waals surface area contributed by atoms with E-state index >= 15 is 0 Å². The van der Waals surface area contributed by atoms with Crippen LogP contribution in [0.2, 0.25) is 5.02 Å². The molecule has 0 spiro atoms. The van der Waals surface area contributed by atoms with Crippen LogP contribution >= 0.6 is 11.6 Å². The molecule has 13 heteroatoms. The molecule has 2 amide bonds. The van der Waals surface area contributed by atoms with Crippen LogP contribution in [0.3, 0.4) is 0 Å². The molecule has 0 unspecified atom stereocenters. The number of hydrogen-bond acceptors (Lipinski definition) is 6. The van der Waals surface area contributed by atoms with Gasteiger partial charge in [-0.3, -0.25) is 19.3 Å². The molecule has 0 aliphatic carbocycles. The Kier molecular flexibility index (Phi) is 12.3. The summed E-state index contributed by atoms with van der Waals surface area (Å²) in [4.78, 5) is 38.0. The Hall–Kier alpha value is -2.86. The predicted octanol–water partition coefficient (Wildman–Crippen LogP) is 3.65. The van der Waals surface area contributed by atoms with E-state index in [1.54, 1.807) is 20.8 Å². The summed E-state index contributed by atoms with van der Waals surface area (Å²) in [7, 11) is 2.79. The lowest BCUT2D eigenvalue weighted by molar-refractivity contribution is -0.142. The first kappa shape index (κ1) is 32.2. The van der Waals surface area contributed by atoms with Crippen molar-refractivity contribution in [2.75, 3.05) is 40.3 Å². The Balaban J connectivity index is 2.81. The molecule has 0 aliphatic heterocycles. The molecule has 1 aromatic rings. The lowest BCUT2D eigenvalue weighted by Gasteiger charge is -2.25. The number of benzene rings is 1. The molecule has 0 radical (unpaired) electrons. The van der Waals surface area contributed by atoms with E-state index in [1.807, 2.05) is 0 Å². The van der Waals surface area contributed by atoms with Crippen molar-refractivity contribution < 1.29 is 36.7 Å². The van der Waals surface area contributed by atoms with Crippen molar-refractivity contribution in [3.63, 3.8) is 0 Å². The van der Waals surface area contributed by atoms with Gasteiger partial charge in [-0.25, -0.2) is 4.39 Å². The minimum absolute atomic E-state index is 0.00243. The number of rotatable bonds is 14. The molecule has 0 fully saturated rings. The van der Waals surface area contributed by atoms with Crippen LogP contribution in [-0.4, -0.2) is 69.5 Å². The average molecular weight is 553 g/mol. The van der Waals surface area contributed by atoms with Crippen molar-refractivity contribution in [1.82, 2.24) is 20.9 Å². The van der Waals surface area contributed by atoms with Gasteiger partial charge in [-0.2, -0.15) is 13.2 Å². The number of hydrogen-bond donors (Lipinski definition) is 3. The zero-order valence-electron chi connectivity index (χ0n) is 21.4. The highest BCUT2D eigenvalue weighted by Gasteiger charge is 2.29. The molecule has 0 saturated heterocycles. The quantitative estimate of drug-likeness (QED) is 0.185. The van der Waals surface area contributed by atoms with Gasteiger partial charge in [0.1, 0.15) is 17.3 Å². The first-order valence-electron chi connectivity index (χ1n) is 11.4. The highest BCUT2D eigenvalue weighted by Crippen LogP contribution is 2.27. The summed E-state index contributed by atoms with van der Waals surface area (Å²) in [6, 6.07) is 2.18. The van der Waals surface area contributed by atoms with Crippen LogP contribution in [-0.2, 0) is 9.59 Å². The van der Waals surface area contributed by atoms with Crippen LogP contribution in [0, 0.1) is 11.2 Å². The van der Waals surface area contributed by atoms with Crippen LogP contribution in [0.25, 0.3) is 0 Å². The molecule has 0 atom stereocenters. The van der Waals surface area contributed by atoms with E-state index in [9.17, 15) is 31.9 Å². The molecule has 8 nitrogen and oxygen atoms in total. The Labute approximate surface area is 218 Å². The van der Waals surface area contributed by atoms with Gasteiger partial charge in [0.25, 0.3) is 5.91 Å². The standard InChI is InChI=1S/C24H33ClF4N4O4/c1-6-37-20-10-17(26)16(25)9-15(20)22(36)31-13-23(2,3)11-21(35)32-19(12-34)18(30-4)7-8-33(5)14-24(27,28)29/h9-10,12,30H,6-8,11,13-14H2,1-5H3,(H,31,36)(H,32,35)/b19-18+. The number of aldehydes is 1. The number of nitrogens with one attached hydrogen (secondary N) is 3. The van der Waals surface area contributed by atoms with Gasteiger partial charge in [-0.05, 0) is 25.5 Å². The third-order valence-corrected chi connectivity index (χ3v) is 5.43. The summed E-state index contributed by atoms with van der Waals surface area (Å²) >= 11 is 5.80. The smallest absolute Gasteiger partial charge is 0.401 e. The van der Waals surface area contributed by atoms with Gasteiger partial charge in [0.05, 0.1) is 23.7 Å². The van der Waals surface area contributed by atoms with E-state index < -0.39 is 35.8 Å². The second-order valence-electron chi connectivity index (χ2n) is 9.13. The SMILES string of the molecule is CCOc1cc(F)c(Cl)cc1C(=O)NCC(C)(C)CC(=O)N/C(C=O)=C(\CCN(C)CC(F)(F)F)NC. The monoisotopic (exact) mass is 552 g/mol. The number of ether oxygens (including phenoxy) is 1. The van der Waals surface area contributed by atoms with Gasteiger partial charge in [-0.1, -0.05) is 25.4 Å². The molecule has 37 heavy (non-hydrogen) atoms. The topological polar surface area (TPSA) is 99.8 Å². The van der Waals surface area contributed by atoms with Crippen LogP contribution in [0.4, 0.5) is 17.6 Å². The number of allylic oxidation sites excluding steroid dienone is 1. The minimum Gasteiger partial charge on any atom is -0.493 e. The number of carbonyl (C=O) groups excluding carboxylic acids is 3. The average Bonchev–Trinajstić information content (AvgIpc) is 2.78.